The summed E-state index contributed by atoms with van der Waals surface area (Å²) in [5.41, 5.74) is 0.0141. The van der Waals surface area contributed by atoms with Crippen LogP contribution in [0.2, 0.25) is 0 Å². The maximum atomic E-state index is 14.7. The monoisotopic (exact) mass is 672 g/mol. The number of benzene rings is 1. The van der Waals surface area contributed by atoms with Crippen molar-refractivity contribution in [3.63, 3.8) is 0 Å². The topological polar surface area (TPSA) is 134 Å². The maximum Gasteiger partial charge on any atom is 0.298 e. The minimum atomic E-state index is -0.744. The van der Waals surface area contributed by atoms with E-state index in [0.717, 1.165) is 83.7 Å². The molecule has 1 unspecified atom stereocenters. The van der Waals surface area contributed by atoms with Crippen LogP contribution in [0.4, 0.5) is 16.2 Å². The lowest BCUT2D eigenvalue weighted by molar-refractivity contribution is -0.120. The van der Waals surface area contributed by atoms with E-state index >= 15 is 0 Å². The Balaban J connectivity index is 1.53. The second-order valence-electron chi connectivity index (χ2n) is 13.4. The van der Waals surface area contributed by atoms with Crippen LogP contribution >= 0.6 is 0 Å². The average Bonchev–Trinajstić information content (AvgIpc) is 3.49. The zero-order valence-electron chi connectivity index (χ0n) is 29.6. The van der Waals surface area contributed by atoms with Crippen molar-refractivity contribution in [2.75, 3.05) is 76.8 Å². The number of ether oxygens (including phenoxy) is 3. The van der Waals surface area contributed by atoms with Crippen molar-refractivity contribution in [3.8, 4) is 17.4 Å². The van der Waals surface area contributed by atoms with Crippen molar-refractivity contribution in [1.29, 1.82) is 0 Å². The SMILES string of the molecule is CCN(C(=O)c1cc(F)cc(OC=O)c1Oc1nnc(NC)nc1N1CCC2(C1)CN(C(CCCNCCCOC)C(C)C)C2)C(C)C. The summed E-state index contributed by atoms with van der Waals surface area (Å²) in [4.78, 5) is 36.1. The van der Waals surface area contributed by atoms with Gasteiger partial charge in [0, 0.05) is 77.1 Å². The molecule has 13 nitrogen and oxygen atoms in total. The van der Waals surface area contributed by atoms with Gasteiger partial charge in [-0.25, -0.2) is 4.39 Å². The summed E-state index contributed by atoms with van der Waals surface area (Å²) in [6.07, 6.45) is 4.27. The molecule has 3 heterocycles. The Hall–Kier alpha value is -3.62. The molecule has 14 heteroatoms. The number of carbonyl (C=O) groups is 2. The highest BCUT2D eigenvalue weighted by Crippen LogP contribution is 2.45. The number of amides is 1. The molecule has 0 saturated carbocycles. The molecule has 0 radical (unpaired) electrons. The number of hydrogen-bond donors (Lipinski definition) is 2. The highest BCUT2D eigenvalue weighted by molar-refractivity contribution is 5.98. The Morgan fingerprint density at radius 1 is 1.15 bits per heavy atom. The molecule has 2 fully saturated rings. The van der Waals surface area contributed by atoms with Gasteiger partial charge >= 0.3 is 0 Å². The third kappa shape index (κ3) is 8.88. The predicted octanol–water partition coefficient (Wildman–Crippen LogP) is 4.19. The van der Waals surface area contributed by atoms with Crippen LogP contribution in [0.25, 0.3) is 0 Å². The molecule has 1 aromatic heterocycles. The zero-order valence-corrected chi connectivity index (χ0v) is 29.6. The molecule has 48 heavy (non-hydrogen) atoms. The van der Waals surface area contributed by atoms with E-state index in [1.807, 2.05) is 20.8 Å². The standard InChI is InChI=1S/C34H53FN8O5/c1-8-43(24(4)5)32(45)26-17-25(35)18-28(47-22-44)29(26)48-31-30(38-33(36-6)40-39-31)41-15-12-34(19-41)20-42(21-34)27(23(2)3)11-9-13-37-14-10-16-46-7/h17-18,22-24,27,37H,8-16,19-21H2,1-7H3,(H,36,38,40). The quantitative estimate of drug-likeness (QED) is 0.164. The van der Waals surface area contributed by atoms with Gasteiger partial charge in [0.1, 0.15) is 5.82 Å². The van der Waals surface area contributed by atoms with Gasteiger partial charge in [-0.1, -0.05) is 13.8 Å². The Labute approximate surface area is 283 Å². The summed E-state index contributed by atoms with van der Waals surface area (Å²) in [5.74, 6) is -0.247. The lowest BCUT2D eigenvalue weighted by atomic mass is 9.76. The van der Waals surface area contributed by atoms with Gasteiger partial charge in [0.15, 0.2) is 17.3 Å². The van der Waals surface area contributed by atoms with Gasteiger partial charge in [0.25, 0.3) is 18.3 Å². The third-order valence-corrected chi connectivity index (χ3v) is 9.32. The van der Waals surface area contributed by atoms with Gasteiger partial charge in [-0.15, -0.1) is 10.2 Å². The Morgan fingerprint density at radius 3 is 2.54 bits per heavy atom. The lowest BCUT2D eigenvalue weighted by Gasteiger charge is -2.53. The van der Waals surface area contributed by atoms with Crippen molar-refractivity contribution >= 4 is 24.1 Å². The summed E-state index contributed by atoms with van der Waals surface area (Å²) in [7, 11) is 3.44. The second-order valence-corrected chi connectivity index (χ2v) is 13.4. The fraction of sp³-hybridized carbons (Fsp3) is 0.676. The second kappa shape index (κ2) is 17.2. The largest absolute Gasteiger partial charge is 0.430 e. The van der Waals surface area contributed by atoms with Crippen LogP contribution < -0.4 is 25.0 Å². The van der Waals surface area contributed by atoms with Crippen molar-refractivity contribution in [3.05, 3.63) is 23.5 Å². The molecule has 266 valence electrons. The van der Waals surface area contributed by atoms with Crippen molar-refractivity contribution in [2.45, 2.75) is 72.4 Å². The van der Waals surface area contributed by atoms with E-state index in [-0.39, 0.29) is 40.9 Å². The Kier molecular flexibility index (Phi) is 13.3. The van der Waals surface area contributed by atoms with Crippen LogP contribution in [-0.4, -0.2) is 116 Å². The first kappa shape index (κ1) is 37.2. The van der Waals surface area contributed by atoms with Crippen molar-refractivity contribution < 1.29 is 28.2 Å². The number of halogens is 1. The molecule has 1 atom stereocenters. The first-order valence-electron chi connectivity index (χ1n) is 17.1. The number of hydrogen-bond acceptors (Lipinski definition) is 12. The number of likely N-dealkylation sites (tertiary alicyclic amines) is 1. The molecular formula is C34H53FN8O5. The molecule has 2 N–H and O–H groups in total. The van der Waals surface area contributed by atoms with E-state index in [1.165, 1.54) is 0 Å². The van der Waals surface area contributed by atoms with Gasteiger partial charge < -0.3 is 34.6 Å². The zero-order chi connectivity index (χ0) is 34.8. The Bertz CT molecular complexity index is 1370. The molecular weight excluding hydrogens is 619 g/mol. The van der Waals surface area contributed by atoms with Crippen molar-refractivity contribution in [1.82, 2.24) is 30.3 Å². The number of aromatic nitrogens is 3. The lowest BCUT2D eigenvalue weighted by Crippen LogP contribution is -2.62. The third-order valence-electron chi connectivity index (χ3n) is 9.32. The van der Waals surface area contributed by atoms with E-state index in [2.05, 4.69) is 44.5 Å². The highest BCUT2D eigenvalue weighted by atomic mass is 19.1. The highest BCUT2D eigenvalue weighted by Gasteiger charge is 2.50. The van der Waals surface area contributed by atoms with Crippen molar-refractivity contribution in [2.24, 2.45) is 11.3 Å². The minimum Gasteiger partial charge on any atom is -0.430 e. The molecule has 1 amide bonds. The van der Waals surface area contributed by atoms with Crippen LogP contribution in [-0.2, 0) is 9.53 Å². The molecule has 0 bridgehead atoms. The molecule has 2 saturated heterocycles. The molecule has 2 aliphatic rings. The minimum absolute atomic E-state index is 0.0317. The first-order valence-corrected chi connectivity index (χ1v) is 17.1. The van der Waals surface area contributed by atoms with Gasteiger partial charge in [-0.05, 0) is 71.5 Å². The number of rotatable bonds is 19. The summed E-state index contributed by atoms with van der Waals surface area (Å²) in [6.45, 7) is 17.0. The number of carbonyl (C=O) groups excluding carboxylic acids is 2. The smallest absolute Gasteiger partial charge is 0.298 e. The number of methoxy groups -OCH3 is 1. The van der Waals surface area contributed by atoms with E-state index in [4.69, 9.17) is 19.2 Å². The van der Waals surface area contributed by atoms with Gasteiger partial charge in [0.2, 0.25) is 5.95 Å². The fourth-order valence-corrected chi connectivity index (χ4v) is 6.92. The van der Waals surface area contributed by atoms with Gasteiger partial charge in [0.05, 0.1) is 5.56 Å². The maximum absolute atomic E-state index is 14.7. The fourth-order valence-electron chi connectivity index (χ4n) is 6.92. The molecule has 2 aliphatic heterocycles. The van der Waals surface area contributed by atoms with Gasteiger partial charge in [-0.2, -0.15) is 4.98 Å². The van der Waals surface area contributed by atoms with Crippen LogP contribution in [0, 0.1) is 17.2 Å². The summed E-state index contributed by atoms with van der Waals surface area (Å²) < 4.78 is 31.2. The summed E-state index contributed by atoms with van der Waals surface area (Å²) in [5, 5.41) is 14.9. The summed E-state index contributed by atoms with van der Waals surface area (Å²) in [6, 6.07) is 2.44. The normalized spacial score (nSPS) is 16.3. The first-order chi connectivity index (χ1) is 23.1. The Morgan fingerprint density at radius 2 is 1.90 bits per heavy atom. The van der Waals surface area contributed by atoms with E-state index in [0.29, 0.717) is 30.3 Å². The van der Waals surface area contributed by atoms with E-state index < -0.39 is 11.7 Å². The van der Waals surface area contributed by atoms with Crippen LogP contribution in [0.1, 0.15) is 70.7 Å². The summed E-state index contributed by atoms with van der Waals surface area (Å²) >= 11 is 0. The van der Waals surface area contributed by atoms with Crippen LogP contribution in [0.15, 0.2) is 12.1 Å². The predicted molar refractivity (Wildman–Crippen MR) is 182 cm³/mol. The number of nitrogens with one attached hydrogen (secondary N) is 2. The average molecular weight is 673 g/mol. The molecule has 4 rings (SSSR count). The van der Waals surface area contributed by atoms with Gasteiger partial charge in [-0.3, -0.25) is 14.5 Å². The van der Waals surface area contributed by atoms with E-state index in [9.17, 15) is 14.0 Å². The molecule has 0 aliphatic carbocycles. The van der Waals surface area contributed by atoms with E-state index in [1.54, 1.807) is 19.1 Å². The molecule has 2 aromatic rings. The molecule has 1 spiro atoms. The molecule has 1 aromatic carbocycles. The number of anilines is 2. The van der Waals surface area contributed by atoms with Crippen LogP contribution in [0.3, 0.4) is 0 Å². The van der Waals surface area contributed by atoms with Crippen LogP contribution in [0.5, 0.6) is 17.4 Å². The number of nitrogens with zero attached hydrogens (tertiary/aromatic N) is 6.